The van der Waals surface area contributed by atoms with Gasteiger partial charge in [-0.2, -0.15) is 18.3 Å². The molecule has 176 valence electrons. The summed E-state index contributed by atoms with van der Waals surface area (Å²) in [7, 11) is 0. The maximum atomic E-state index is 14.4. The number of carbonyl (C=O) groups is 1. The molecule has 0 unspecified atom stereocenters. The molecule has 0 radical (unpaired) electrons. The summed E-state index contributed by atoms with van der Waals surface area (Å²) in [5, 5.41) is 11.4. The number of fused-ring (bicyclic) bond motifs is 1. The molecule has 2 fully saturated rings. The van der Waals surface area contributed by atoms with Crippen LogP contribution in [0.15, 0.2) is 34.2 Å². The lowest BCUT2D eigenvalue weighted by molar-refractivity contribution is -0.192. The molecule has 1 spiro atoms. The number of nitrogens with zero attached hydrogens (tertiary/aromatic N) is 4. The Labute approximate surface area is 179 Å². The molecule has 1 saturated carbocycles. The van der Waals surface area contributed by atoms with Crippen LogP contribution < -0.4 is 16.1 Å². The van der Waals surface area contributed by atoms with Crippen molar-refractivity contribution in [3.8, 4) is 11.3 Å². The number of nitrogens with one attached hydrogen (secondary N) is 2. The maximum Gasteiger partial charge on any atom is 0.490 e. The number of aromatic amines is 2. The molecule has 33 heavy (non-hydrogen) atoms. The fraction of sp³-hybridized carbons (Fsp3) is 0.389. The number of anilines is 1. The van der Waals surface area contributed by atoms with Crippen molar-refractivity contribution in [1.29, 1.82) is 0 Å². The Hall–Kier alpha value is -3.78. The van der Waals surface area contributed by atoms with Gasteiger partial charge in [-0.25, -0.2) is 27.9 Å². The number of halogens is 5. The van der Waals surface area contributed by atoms with Crippen LogP contribution in [0.5, 0.6) is 0 Å². The van der Waals surface area contributed by atoms with Gasteiger partial charge in [-0.3, -0.25) is 9.78 Å². The minimum atomic E-state index is -5.08. The SMILES string of the molecule is O=C(O)C(F)(F)F.O=c1[nH]cc(-c2cc(N3CC(F)(F)C4(CC4)C3)c3nccn3n2)c(=O)[nH]1. The fourth-order valence-electron chi connectivity index (χ4n) is 3.65. The van der Waals surface area contributed by atoms with Crippen molar-refractivity contribution in [2.45, 2.75) is 24.9 Å². The van der Waals surface area contributed by atoms with Gasteiger partial charge in [-0.1, -0.05) is 0 Å². The van der Waals surface area contributed by atoms with E-state index in [0.29, 0.717) is 24.2 Å². The normalized spacial score (nSPS) is 18.3. The molecule has 10 nitrogen and oxygen atoms in total. The molecule has 2 aliphatic rings. The van der Waals surface area contributed by atoms with Crippen LogP contribution in [0, 0.1) is 5.41 Å². The molecule has 3 aromatic heterocycles. The molecule has 0 bridgehead atoms. The van der Waals surface area contributed by atoms with Gasteiger partial charge in [0.2, 0.25) is 0 Å². The molecule has 1 aliphatic carbocycles. The number of imidazole rings is 1. The van der Waals surface area contributed by atoms with E-state index in [-0.39, 0.29) is 24.3 Å². The Kier molecular flexibility index (Phi) is 5.01. The quantitative estimate of drug-likeness (QED) is 0.481. The molecular weight excluding hydrogens is 459 g/mol. The van der Waals surface area contributed by atoms with Gasteiger partial charge in [-0.05, 0) is 18.9 Å². The number of alkyl halides is 5. The zero-order valence-electron chi connectivity index (χ0n) is 16.5. The lowest BCUT2D eigenvalue weighted by Gasteiger charge is -2.19. The minimum absolute atomic E-state index is 0.147. The molecule has 0 atom stereocenters. The van der Waals surface area contributed by atoms with Crippen molar-refractivity contribution >= 4 is 17.3 Å². The number of hydrogen-bond donors (Lipinski definition) is 3. The van der Waals surface area contributed by atoms with Crippen molar-refractivity contribution in [3.63, 3.8) is 0 Å². The van der Waals surface area contributed by atoms with Crippen molar-refractivity contribution in [2.24, 2.45) is 5.41 Å². The van der Waals surface area contributed by atoms with Gasteiger partial charge >= 0.3 is 17.8 Å². The Bertz CT molecular complexity index is 1330. The highest BCUT2D eigenvalue weighted by atomic mass is 19.4. The number of rotatable bonds is 2. The standard InChI is InChI=1S/C16H14F2N6O2.C2HF3O2/c17-16(18)8-23(7-15(16)1-2-15)11-5-10(22-24-4-3-19-12(11)24)9-6-20-14(26)21-13(9)25;3-2(4,5)1(6)7/h3-6H,1-2,7-8H2,(H2,20,21,25,26);(H,6,7). The lowest BCUT2D eigenvalue weighted by atomic mass is 10.0. The van der Waals surface area contributed by atoms with E-state index >= 15 is 0 Å². The number of aromatic nitrogens is 5. The van der Waals surface area contributed by atoms with E-state index in [2.05, 4.69) is 20.1 Å². The topological polar surface area (TPSA) is 136 Å². The second-order valence-electron chi connectivity index (χ2n) is 7.74. The van der Waals surface area contributed by atoms with Crippen molar-refractivity contribution in [1.82, 2.24) is 24.6 Å². The first-order valence-electron chi connectivity index (χ1n) is 9.43. The van der Waals surface area contributed by atoms with E-state index in [9.17, 15) is 31.5 Å². The van der Waals surface area contributed by atoms with Crippen molar-refractivity contribution in [2.75, 3.05) is 18.0 Å². The summed E-state index contributed by atoms with van der Waals surface area (Å²) in [4.78, 5) is 42.6. The first kappa shape index (κ1) is 22.4. The predicted molar refractivity (Wildman–Crippen MR) is 102 cm³/mol. The molecule has 1 saturated heterocycles. The summed E-state index contributed by atoms with van der Waals surface area (Å²) in [6, 6.07) is 1.57. The van der Waals surface area contributed by atoms with Crippen LogP contribution in [0.1, 0.15) is 12.8 Å². The van der Waals surface area contributed by atoms with Crippen molar-refractivity contribution < 1.29 is 31.9 Å². The number of hydrogen-bond acceptors (Lipinski definition) is 6. The zero-order chi connectivity index (χ0) is 24.2. The molecule has 5 rings (SSSR count). The third-order valence-corrected chi connectivity index (χ3v) is 5.53. The fourth-order valence-corrected chi connectivity index (χ4v) is 3.65. The summed E-state index contributed by atoms with van der Waals surface area (Å²) in [5.74, 6) is -5.51. The van der Waals surface area contributed by atoms with E-state index in [1.54, 1.807) is 17.2 Å². The molecular formula is C18H15F5N6O4. The highest BCUT2D eigenvalue weighted by Crippen LogP contribution is 2.61. The smallest absolute Gasteiger partial charge is 0.475 e. The summed E-state index contributed by atoms with van der Waals surface area (Å²) < 4.78 is 62.0. The first-order chi connectivity index (χ1) is 15.3. The second kappa shape index (κ2) is 7.38. The lowest BCUT2D eigenvalue weighted by Crippen LogP contribution is -2.28. The Balaban J connectivity index is 0.000000325. The van der Waals surface area contributed by atoms with Crippen LogP contribution in [0.2, 0.25) is 0 Å². The van der Waals surface area contributed by atoms with E-state index in [4.69, 9.17) is 9.90 Å². The van der Waals surface area contributed by atoms with Gasteiger partial charge in [0.25, 0.3) is 11.5 Å². The van der Waals surface area contributed by atoms with Gasteiger partial charge in [0, 0.05) is 25.1 Å². The van der Waals surface area contributed by atoms with E-state index in [1.165, 1.54) is 16.9 Å². The molecule has 3 N–H and O–H groups in total. The van der Waals surface area contributed by atoms with Crippen molar-refractivity contribution in [3.05, 3.63) is 45.5 Å². The maximum absolute atomic E-state index is 14.4. The van der Waals surface area contributed by atoms with Crippen LogP contribution in [-0.4, -0.2) is 60.8 Å². The van der Waals surface area contributed by atoms with E-state index in [0.717, 1.165) is 0 Å². The molecule has 0 aromatic carbocycles. The number of carboxylic acids is 1. The minimum Gasteiger partial charge on any atom is -0.475 e. The highest BCUT2D eigenvalue weighted by Gasteiger charge is 2.67. The van der Waals surface area contributed by atoms with Gasteiger partial charge in [-0.15, -0.1) is 0 Å². The largest absolute Gasteiger partial charge is 0.490 e. The van der Waals surface area contributed by atoms with Crippen LogP contribution in [-0.2, 0) is 4.79 Å². The average Bonchev–Trinajstić information content (AvgIpc) is 3.25. The van der Waals surface area contributed by atoms with Crippen LogP contribution in [0.4, 0.5) is 27.6 Å². The van der Waals surface area contributed by atoms with Gasteiger partial charge in [0.15, 0.2) is 5.65 Å². The number of carboxylic acid groups (broad SMARTS) is 1. The third-order valence-electron chi connectivity index (χ3n) is 5.53. The zero-order valence-corrected chi connectivity index (χ0v) is 16.5. The van der Waals surface area contributed by atoms with Gasteiger partial charge in [0.05, 0.1) is 23.2 Å². The molecule has 1 aliphatic heterocycles. The molecule has 4 heterocycles. The van der Waals surface area contributed by atoms with Crippen LogP contribution in [0.25, 0.3) is 16.9 Å². The Morgan fingerprint density at radius 1 is 1.18 bits per heavy atom. The Morgan fingerprint density at radius 2 is 1.85 bits per heavy atom. The van der Waals surface area contributed by atoms with Crippen LogP contribution in [0.3, 0.4) is 0 Å². The summed E-state index contributed by atoms with van der Waals surface area (Å²) in [5.41, 5.74) is -0.821. The predicted octanol–water partition coefficient (Wildman–Crippen LogP) is 1.64. The third kappa shape index (κ3) is 4.05. The molecule has 15 heteroatoms. The van der Waals surface area contributed by atoms with Gasteiger partial charge in [0.1, 0.15) is 5.69 Å². The monoisotopic (exact) mass is 474 g/mol. The van der Waals surface area contributed by atoms with E-state index in [1.807, 2.05) is 0 Å². The Morgan fingerprint density at radius 3 is 2.39 bits per heavy atom. The summed E-state index contributed by atoms with van der Waals surface area (Å²) >= 11 is 0. The van der Waals surface area contributed by atoms with Gasteiger partial charge < -0.3 is 15.0 Å². The second-order valence-corrected chi connectivity index (χ2v) is 7.74. The first-order valence-corrected chi connectivity index (χ1v) is 9.43. The molecule has 3 aromatic rings. The highest BCUT2D eigenvalue weighted by molar-refractivity contribution is 5.75. The molecule has 0 amide bonds. The van der Waals surface area contributed by atoms with E-state index < -0.39 is 34.7 Å². The number of H-pyrrole nitrogens is 2. The van der Waals surface area contributed by atoms with Crippen LogP contribution >= 0.6 is 0 Å². The number of aliphatic carboxylic acids is 1. The average molecular weight is 474 g/mol. The summed E-state index contributed by atoms with van der Waals surface area (Å²) in [6.07, 6.45) is 0.311. The summed E-state index contributed by atoms with van der Waals surface area (Å²) in [6.45, 7) is -0.144.